The van der Waals surface area contributed by atoms with E-state index in [1.165, 1.54) is 21.0 Å². The normalized spacial score (nSPS) is 12.8. The smallest absolute Gasteiger partial charge is 0.342 e. The zero-order chi connectivity index (χ0) is 17.1. The van der Waals surface area contributed by atoms with Crippen LogP contribution in [0.5, 0.6) is 0 Å². The van der Waals surface area contributed by atoms with Crippen molar-refractivity contribution in [3.63, 3.8) is 0 Å². The van der Waals surface area contributed by atoms with Crippen LogP contribution in [-0.2, 0) is 14.8 Å². The van der Waals surface area contributed by atoms with Crippen molar-refractivity contribution >= 4 is 28.4 Å². The third-order valence-corrected chi connectivity index (χ3v) is 4.90. The molecular weight excluding hydrogens is 344 g/mol. The number of carbonyl (C=O) groups is 1. The molecule has 1 heterocycles. The largest absolute Gasteiger partial charge is 0.465 e. The van der Waals surface area contributed by atoms with Gasteiger partial charge in [0.25, 0.3) is 0 Å². The minimum Gasteiger partial charge on any atom is -0.465 e. The lowest BCUT2D eigenvalue weighted by atomic mass is 10.1. The van der Waals surface area contributed by atoms with Crippen LogP contribution >= 0.6 is 12.4 Å². The number of nitrogens with one attached hydrogen (secondary N) is 1. The van der Waals surface area contributed by atoms with Gasteiger partial charge in [-0.1, -0.05) is 13.8 Å². The van der Waals surface area contributed by atoms with Crippen molar-refractivity contribution in [1.29, 1.82) is 0 Å². The number of sulfonamides is 1. The number of rotatable bonds is 7. The van der Waals surface area contributed by atoms with Crippen LogP contribution in [-0.4, -0.2) is 34.1 Å². The maximum atomic E-state index is 12.6. The highest BCUT2D eigenvalue weighted by Crippen LogP contribution is 2.27. The standard InChI is InChI=1S/C14H24N2O5S.ClH/c1-8(2)6-11(7-15)16-22(18,19)13-10(4)21-9(3)12(13)14(17)20-5;/h8,11,16H,6-7,15H2,1-5H3;1H. The summed E-state index contributed by atoms with van der Waals surface area (Å²) in [6.07, 6.45) is 0.596. The van der Waals surface area contributed by atoms with Crippen molar-refractivity contribution in [3.8, 4) is 0 Å². The first-order valence-electron chi connectivity index (χ1n) is 7.04. The Kier molecular flexibility index (Phi) is 8.26. The second kappa shape index (κ2) is 8.68. The van der Waals surface area contributed by atoms with Gasteiger partial charge in [0.1, 0.15) is 22.0 Å². The van der Waals surface area contributed by atoms with Crippen LogP contribution in [0.1, 0.15) is 42.1 Å². The summed E-state index contributed by atoms with van der Waals surface area (Å²) >= 11 is 0. The molecule has 0 radical (unpaired) electrons. The van der Waals surface area contributed by atoms with E-state index in [2.05, 4.69) is 9.46 Å². The number of esters is 1. The van der Waals surface area contributed by atoms with Crippen LogP contribution in [0.15, 0.2) is 9.31 Å². The van der Waals surface area contributed by atoms with E-state index in [0.717, 1.165) is 0 Å². The van der Waals surface area contributed by atoms with Gasteiger partial charge in [0.2, 0.25) is 10.0 Å². The predicted octanol–water partition coefficient (Wildman–Crippen LogP) is 1.76. The van der Waals surface area contributed by atoms with Crippen molar-refractivity contribution in [1.82, 2.24) is 4.72 Å². The highest BCUT2D eigenvalue weighted by atomic mass is 35.5. The van der Waals surface area contributed by atoms with E-state index in [1.807, 2.05) is 13.8 Å². The van der Waals surface area contributed by atoms with Crippen LogP contribution in [0.3, 0.4) is 0 Å². The molecule has 23 heavy (non-hydrogen) atoms. The van der Waals surface area contributed by atoms with Gasteiger partial charge in [-0.05, 0) is 26.2 Å². The number of methoxy groups -OCH3 is 1. The van der Waals surface area contributed by atoms with Gasteiger partial charge in [-0.25, -0.2) is 17.9 Å². The lowest BCUT2D eigenvalue weighted by Crippen LogP contribution is -2.41. The average molecular weight is 369 g/mol. The Hall–Kier alpha value is -1.09. The Bertz CT molecular complexity index is 640. The molecule has 1 rings (SSSR count). The molecule has 9 heteroatoms. The molecule has 1 aromatic heterocycles. The molecule has 0 spiro atoms. The molecule has 7 nitrogen and oxygen atoms in total. The number of nitrogens with two attached hydrogens (primary N) is 1. The van der Waals surface area contributed by atoms with E-state index in [9.17, 15) is 13.2 Å². The van der Waals surface area contributed by atoms with Crippen LogP contribution < -0.4 is 10.5 Å². The summed E-state index contributed by atoms with van der Waals surface area (Å²) in [5, 5.41) is 0. The number of aryl methyl sites for hydroxylation is 2. The Labute approximate surface area is 143 Å². The molecule has 134 valence electrons. The molecule has 1 unspecified atom stereocenters. The van der Waals surface area contributed by atoms with Crippen LogP contribution in [0.25, 0.3) is 0 Å². The molecule has 0 aliphatic rings. The topological polar surface area (TPSA) is 112 Å². The van der Waals surface area contributed by atoms with Crippen molar-refractivity contribution in [2.75, 3.05) is 13.7 Å². The molecule has 0 saturated heterocycles. The second-order valence-electron chi connectivity index (χ2n) is 5.59. The van der Waals surface area contributed by atoms with Crippen molar-refractivity contribution in [3.05, 3.63) is 17.1 Å². The molecule has 0 saturated carbocycles. The number of halogens is 1. The third-order valence-electron chi connectivity index (χ3n) is 3.23. The van der Waals surface area contributed by atoms with Gasteiger partial charge >= 0.3 is 5.97 Å². The van der Waals surface area contributed by atoms with Gasteiger partial charge in [-0.15, -0.1) is 12.4 Å². The molecule has 0 aliphatic carbocycles. The summed E-state index contributed by atoms with van der Waals surface area (Å²) in [4.78, 5) is 11.7. The highest BCUT2D eigenvalue weighted by molar-refractivity contribution is 7.89. The van der Waals surface area contributed by atoms with Crippen LogP contribution in [0.4, 0.5) is 0 Å². The molecule has 0 bridgehead atoms. The molecule has 0 fully saturated rings. The van der Waals surface area contributed by atoms with Gasteiger partial charge in [0, 0.05) is 12.6 Å². The van der Waals surface area contributed by atoms with Crippen molar-refractivity contribution in [2.45, 2.75) is 45.1 Å². The highest BCUT2D eigenvalue weighted by Gasteiger charge is 2.32. The zero-order valence-electron chi connectivity index (χ0n) is 14.0. The summed E-state index contributed by atoms with van der Waals surface area (Å²) in [6, 6.07) is -0.412. The lowest BCUT2D eigenvalue weighted by molar-refractivity contribution is 0.0595. The van der Waals surface area contributed by atoms with E-state index in [4.69, 9.17) is 10.2 Å². The van der Waals surface area contributed by atoms with Gasteiger partial charge in [0.15, 0.2) is 0 Å². The number of carbonyl (C=O) groups excluding carboxylic acids is 1. The Balaban J connectivity index is 0.00000484. The maximum Gasteiger partial charge on any atom is 0.342 e. The first-order valence-corrected chi connectivity index (χ1v) is 8.53. The molecule has 3 N–H and O–H groups in total. The van der Waals surface area contributed by atoms with E-state index in [0.29, 0.717) is 6.42 Å². The Morgan fingerprint density at radius 2 is 1.87 bits per heavy atom. The first-order chi connectivity index (χ1) is 10.1. The molecule has 1 aromatic rings. The number of hydrogen-bond acceptors (Lipinski definition) is 6. The average Bonchev–Trinajstić information content (AvgIpc) is 2.71. The Morgan fingerprint density at radius 1 is 1.30 bits per heavy atom. The number of hydrogen-bond donors (Lipinski definition) is 2. The summed E-state index contributed by atoms with van der Waals surface area (Å²) in [5.41, 5.74) is 5.56. The first kappa shape index (κ1) is 21.9. The SMILES string of the molecule is COC(=O)c1c(C)oc(C)c1S(=O)(=O)NC(CN)CC(C)C.Cl. The van der Waals surface area contributed by atoms with Crippen LogP contribution in [0.2, 0.25) is 0 Å². The summed E-state index contributed by atoms with van der Waals surface area (Å²) in [6.45, 7) is 7.13. The Morgan fingerprint density at radius 3 is 2.30 bits per heavy atom. The van der Waals surface area contributed by atoms with Gasteiger partial charge < -0.3 is 14.9 Å². The van der Waals surface area contributed by atoms with Gasteiger partial charge in [0.05, 0.1) is 7.11 Å². The van der Waals surface area contributed by atoms with Crippen molar-refractivity contribution < 1.29 is 22.4 Å². The zero-order valence-corrected chi connectivity index (χ0v) is 15.6. The fraction of sp³-hybridized carbons (Fsp3) is 0.643. The van der Waals surface area contributed by atoms with E-state index in [-0.39, 0.29) is 46.8 Å². The minimum atomic E-state index is -3.94. The van der Waals surface area contributed by atoms with E-state index in [1.54, 1.807) is 0 Å². The molecular formula is C14H25ClN2O5S. The van der Waals surface area contributed by atoms with Gasteiger partial charge in [-0.2, -0.15) is 0 Å². The fourth-order valence-corrected chi connectivity index (χ4v) is 4.03. The predicted molar refractivity (Wildman–Crippen MR) is 89.4 cm³/mol. The summed E-state index contributed by atoms with van der Waals surface area (Å²) in [7, 11) is -2.75. The summed E-state index contributed by atoms with van der Waals surface area (Å²) in [5.74, 6) is -0.116. The molecule has 0 amide bonds. The van der Waals surface area contributed by atoms with Gasteiger partial charge in [-0.3, -0.25) is 0 Å². The molecule has 0 aromatic carbocycles. The summed E-state index contributed by atoms with van der Waals surface area (Å²) < 4.78 is 37.7. The third kappa shape index (κ3) is 5.20. The lowest BCUT2D eigenvalue weighted by Gasteiger charge is -2.19. The molecule has 0 aliphatic heterocycles. The maximum absolute atomic E-state index is 12.6. The monoisotopic (exact) mass is 368 g/mol. The molecule has 1 atom stereocenters. The fourth-order valence-electron chi connectivity index (χ4n) is 2.36. The number of ether oxygens (including phenoxy) is 1. The number of furan rings is 1. The minimum absolute atomic E-state index is 0. The second-order valence-corrected chi connectivity index (χ2v) is 7.24. The van der Waals surface area contributed by atoms with E-state index >= 15 is 0 Å². The van der Waals surface area contributed by atoms with E-state index < -0.39 is 22.0 Å². The van der Waals surface area contributed by atoms with Crippen molar-refractivity contribution in [2.24, 2.45) is 11.7 Å². The quantitative estimate of drug-likeness (QED) is 0.709. The van der Waals surface area contributed by atoms with Crippen LogP contribution in [0, 0.1) is 19.8 Å².